The third-order valence-corrected chi connectivity index (χ3v) is 3.17. The van der Waals surface area contributed by atoms with Gasteiger partial charge in [0.2, 0.25) is 0 Å². The molecule has 0 spiro atoms. The van der Waals surface area contributed by atoms with Crippen LogP contribution in [-0.4, -0.2) is 27.8 Å². The van der Waals surface area contributed by atoms with E-state index in [9.17, 15) is 4.79 Å². The first kappa shape index (κ1) is 15.0. The van der Waals surface area contributed by atoms with Gasteiger partial charge in [-0.1, -0.05) is 13.8 Å². The fourth-order valence-electron chi connectivity index (χ4n) is 2.24. The van der Waals surface area contributed by atoms with Crippen molar-refractivity contribution in [3.8, 4) is 5.69 Å². The molecule has 2 heterocycles. The number of pyridine rings is 1. The Kier molecular flexibility index (Phi) is 4.57. The van der Waals surface area contributed by atoms with E-state index in [-0.39, 0.29) is 12.5 Å². The van der Waals surface area contributed by atoms with Crippen LogP contribution in [0.15, 0.2) is 24.5 Å². The van der Waals surface area contributed by atoms with Crippen LogP contribution in [-0.2, 0) is 16.1 Å². The lowest BCUT2D eigenvalue weighted by Crippen LogP contribution is -2.09. The van der Waals surface area contributed by atoms with Crippen molar-refractivity contribution in [2.75, 3.05) is 7.11 Å². The molecule has 6 nitrogen and oxygen atoms in total. The average Bonchev–Trinajstić information content (AvgIpc) is 2.82. The van der Waals surface area contributed by atoms with Gasteiger partial charge >= 0.3 is 6.16 Å². The molecule has 112 valence electrons. The minimum atomic E-state index is -0.719. The Hall–Kier alpha value is -2.37. The number of hydrogen-bond acceptors (Lipinski definition) is 5. The maximum atomic E-state index is 11.2. The topological polar surface area (TPSA) is 66.2 Å². The summed E-state index contributed by atoms with van der Waals surface area (Å²) < 4.78 is 11.5. The lowest BCUT2D eigenvalue weighted by molar-refractivity contribution is 0.0645. The molecule has 0 saturated carbocycles. The Morgan fingerprint density at radius 2 is 2.00 bits per heavy atom. The number of ether oxygens (including phenoxy) is 2. The highest BCUT2D eigenvalue weighted by molar-refractivity contribution is 5.59. The second-order valence-corrected chi connectivity index (χ2v) is 4.94. The average molecular weight is 289 g/mol. The van der Waals surface area contributed by atoms with Gasteiger partial charge in [-0.25, -0.2) is 9.78 Å². The van der Waals surface area contributed by atoms with Gasteiger partial charge < -0.3 is 9.47 Å². The SMILES string of the molecule is COC(=O)OCc1nc(C(C)C)c(C)n1-c1ccncc1. The predicted molar refractivity (Wildman–Crippen MR) is 77.4 cm³/mol. The molecule has 0 aliphatic heterocycles. The Bertz CT molecular complexity index is 621. The van der Waals surface area contributed by atoms with Crippen LogP contribution in [0.4, 0.5) is 4.79 Å². The summed E-state index contributed by atoms with van der Waals surface area (Å²) in [5, 5.41) is 0. The maximum absolute atomic E-state index is 11.2. The Morgan fingerprint density at radius 3 is 2.57 bits per heavy atom. The second kappa shape index (κ2) is 6.39. The number of rotatable bonds is 4. The predicted octanol–water partition coefficient (Wildman–Crippen LogP) is 2.98. The summed E-state index contributed by atoms with van der Waals surface area (Å²) >= 11 is 0. The van der Waals surface area contributed by atoms with Gasteiger partial charge in [0, 0.05) is 18.1 Å². The van der Waals surface area contributed by atoms with Crippen LogP contribution < -0.4 is 0 Å². The molecule has 2 aromatic rings. The zero-order valence-electron chi connectivity index (χ0n) is 12.7. The van der Waals surface area contributed by atoms with Crippen LogP contribution in [0.25, 0.3) is 5.69 Å². The summed E-state index contributed by atoms with van der Waals surface area (Å²) in [5.41, 5.74) is 2.94. The van der Waals surface area contributed by atoms with E-state index in [1.54, 1.807) is 12.4 Å². The summed E-state index contributed by atoms with van der Waals surface area (Å²) in [6.07, 6.45) is 2.71. The van der Waals surface area contributed by atoms with Crippen molar-refractivity contribution >= 4 is 6.16 Å². The molecular weight excluding hydrogens is 270 g/mol. The number of nitrogens with zero attached hydrogens (tertiary/aromatic N) is 3. The highest BCUT2D eigenvalue weighted by atomic mass is 16.7. The van der Waals surface area contributed by atoms with Gasteiger partial charge in [0.1, 0.15) is 0 Å². The third kappa shape index (κ3) is 3.21. The van der Waals surface area contributed by atoms with Crippen LogP contribution in [0.3, 0.4) is 0 Å². The molecule has 0 amide bonds. The number of methoxy groups -OCH3 is 1. The molecule has 2 aromatic heterocycles. The Labute approximate surface area is 123 Å². The number of hydrogen-bond donors (Lipinski definition) is 0. The van der Waals surface area contributed by atoms with Gasteiger partial charge in [0.25, 0.3) is 0 Å². The van der Waals surface area contributed by atoms with Crippen molar-refractivity contribution in [3.05, 3.63) is 41.7 Å². The molecule has 0 saturated heterocycles. The minimum absolute atomic E-state index is 0.0581. The molecule has 2 rings (SSSR count). The van der Waals surface area contributed by atoms with Crippen LogP contribution in [0.2, 0.25) is 0 Å². The Balaban J connectivity index is 2.43. The summed E-state index contributed by atoms with van der Waals surface area (Å²) in [5.74, 6) is 0.942. The summed E-state index contributed by atoms with van der Waals surface area (Å²) in [4.78, 5) is 19.8. The van der Waals surface area contributed by atoms with Crippen molar-refractivity contribution in [2.45, 2.75) is 33.3 Å². The quantitative estimate of drug-likeness (QED) is 0.809. The first-order valence-electron chi connectivity index (χ1n) is 6.73. The van der Waals surface area contributed by atoms with Crippen molar-refractivity contribution in [2.24, 2.45) is 0 Å². The number of aromatic nitrogens is 3. The van der Waals surface area contributed by atoms with E-state index in [2.05, 4.69) is 28.6 Å². The molecule has 0 unspecified atom stereocenters. The highest BCUT2D eigenvalue weighted by Crippen LogP contribution is 2.23. The molecule has 0 bridgehead atoms. The molecule has 0 fully saturated rings. The van der Waals surface area contributed by atoms with Gasteiger partial charge in [-0.2, -0.15) is 0 Å². The fraction of sp³-hybridized carbons (Fsp3) is 0.400. The molecule has 0 aliphatic rings. The molecule has 0 N–H and O–H groups in total. The zero-order chi connectivity index (χ0) is 15.4. The highest BCUT2D eigenvalue weighted by Gasteiger charge is 2.18. The van der Waals surface area contributed by atoms with Crippen molar-refractivity contribution in [1.82, 2.24) is 14.5 Å². The van der Waals surface area contributed by atoms with E-state index in [1.165, 1.54) is 7.11 Å². The Morgan fingerprint density at radius 1 is 1.33 bits per heavy atom. The van der Waals surface area contributed by atoms with Crippen molar-refractivity contribution < 1.29 is 14.3 Å². The van der Waals surface area contributed by atoms with Gasteiger partial charge in [0.05, 0.1) is 18.5 Å². The number of carbonyl (C=O) groups excluding carboxylic acids is 1. The first-order chi connectivity index (χ1) is 10.0. The molecule has 6 heteroatoms. The standard InChI is InChI=1S/C15H19N3O3/c1-10(2)14-11(3)18(12-5-7-16-8-6-12)13(17-14)9-21-15(19)20-4/h5-8,10H,9H2,1-4H3. The van der Waals surface area contributed by atoms with E-state index in [0.29, 0.717) is 5.82 Å². The van der Waals surface area contributed by atoms with Gasteiger partial charge in [-0.3, -0.25) is 9.55 Å². The summed E-state index contributed by atoms with van der Waals surface area (Å²) in [6, 6.07) is 3.78. The maximum Gasteiger partial charge on any atom is 0.508 e. The zero-order valence-corrected chi connectivity index (χ0v) is 12.7. The molecule has 0 radical (unpaired) electrons. The summed E-state index contributed by atoms with van der Waals surface area (Å²) in [6.45, 7) is 6.22. The van der Waals surface area contributed by atoms with E-state index in [4.69, 9.17) is 4.74 Å². The number of carbonyl (C=O) groups is 1. The largest absolute Gasteiger partial charge is 0.508 e. The van der Waals surface area contributed by atoms with Crippen LogP contribution in [0, 0.1) is 6.92 Å². The van der Waals surface area contributed by atoms with E-state index < -0.39 is 6.16 Å². The first-order valence-corrected chi connectivity index (χ1v) is 6.73. The molecule has 21 heavy (non-hydrogen) atoms. The van der Waals surface area contributed by atoms with E-state index in [0.717, 1.165) is 17.1 Å². The molecule has 0 aliphatic carbocycles. The van der Waals surface area contributed by atoms with Gasteiger partial charge in [-0.15, -0.1) is 0 Å². The fourth-order valence-corrected chi connectivity index (χ4v) is 2.24. The van der Waals surface area contributed by atoms with Gasteiger partial charge in [-0.05, 0) is 25.0 Å². The lowest BCUT2D eigenvalue weighted by atomic mass is 10.1. The van der Waals surface area contributed by atoms with E-state index >= 15 is 0 Å². The second-order valence-electron chi connectivity index (χ2n) is 4.94. The van der Waals surface area contributed by atoms with Gasteiger partial charge in [0.15, 0.2) is 12.4 Å². The molecular formula is C15H19N3O3. The van der Waals surface area contributed by atoms with Crippen LogP contribution in [0.1, 0.15) is 37.0 Å². The third-order valence-electron chi connectivity index (χ3n) is 3.17. The van der Waals surface area contributed by atoms with Crippen molar-refractivity contribution in [1.29, 1.82) is 0 Å². The van der Waals surface area contributed by atoms with Crippen LogP contribution in [0.5, 0.6) is 0 Å². The molecule has 0 aromatic carbocycles. The van der Waals surface area contributed by atoms with Crippen molar-refractivity contribution in [3.63, 3.8) is 0 Å². The monoisotopic (exact) mass is 289 g/mol. The lowest BCUT2D eigenvalue weighted by Gasteiger charge is -2.10. The summed E-state index contributed by atoms with van der Waals surface area (Å²) in [7, 11) is 1.28. The van der Waals surface area contributed by atoms with Crippen LogP contribution >= 0.6 is 0 Å². The number of imidazole rings is 1. The van der Waals surface area contributed by atoms with E-state index in [1.807, 2.05) is 23.6 Å². The smallest absolute Gasteiger partial charge is 0.438 e. The minimum Gasteiger partial charge on any atom is -0.438 e. The normalized spacial score (nSPS) is 10.7. The molecule has 0 atom stereocenters.